The number of carbonyl (C=O) groups excluding carboxylic acids is 1. The number of carbonyl (C=O) groups is 1. The highest BCUT2D eigenvalue weighted by molar-refractivity contribution is 7.59. The monoisotopic (exact) mass is 704 g/mol. The maximum atomic E-state index is 11.5. The van der Waals surface area contributed by atoms with Crippen molar-refractivity contribution >= 4 is 19.8 Å². The van der Waals surface area contributed by atoms with Crippen LogP contribution in [0.25, 0.3) is 0 Å². The van der Waals surface area contributed by atoms with E-state index in [1.165, 1.54) is 12.7 Å². The Bertz CT molecular complexity index is 1200. The summed E-state index contributed by atoms with van der Waals surface area (Å²) < 4.78 is 48.3. The zero-order chi connectivity index (χ0) is 33.3. The molecule has 12 nitrogen and oxygen atoms in total. The van der Waals surface area contributed by atoms with Gasteiger partial charge in [0.05, 0.1) is 43.5 Å². The molecule has 3 N–H and O–H groups in total. The SMILES string of the molecule is CCC1OC(O)C23OC(O)C1C2(C)CCC1C3CC=C2CC(OC3CC(OC)C(OC4OCC(C=O)C(OC)C4O)CO3)CCC21C.S.[3HH]. The number of allylic oxidation sites excluding steroid dienone is 1. The third-order valence-corrected chi connectivity index (χ3v) is 13.5. The van der Waals surface area contributed by atoms with Gasteiger partial charge in [0.1, 0.15) is 24.1 Å². The van der Waals surface area contributed by atoms with E-state index in [9.17, 15) is 20.1 Å². The van der Waals surface area contributed by atoms with E-state index in [1.54, 1.807) is 7.11 Å². The van der Waals surface area contributed by atoms with Gasteiger partial charge in [0.25, 0.3) is 0 Å². The molecule has 4 aliphatic heterocycles. The second-order valence-electron chi connectivity index (χ2n) is 15.5. The summed E-state index contributed by atoms with van der Waals surface area (Å²) in [6.45, 7) is 6.93. The maximum absolute atomic E-state index is 11.5. The van der Waals surface area contributed by atoms with E-state index in [-0.39, 0.29) is 69.1 Å². The van der Waals surface area contributed by atoms with Crippen LogP contribution >= 0.6 is 13.5 Å². The molecule has 13 heteroatoms. The summed E-state index contributed by atoms with van der Waals surface area (Å²) in [4.78, 5) is 11.4. The molecule has 7 rings (SSSR count). The first-order valence-electron chi connectivity index (χ1n) is 17.7. The molecule has 2 saturated carbocycles. The molecule has 0 aromatic heterocycles. The average molecular weight is 705 g/mol. The Kier molecular flexibility index (Phi) is 10.8. The van der Waals surface area contributed by atoms with Gasteiger partial charge in [-0.1, -0.05) is 32.4 Å². The van der Waals surface area contributed by atoms with Gasteiger partial charge in [0, 0.05) is 39.3 Å². The van der Waals surface area contributed by atoms with Crippen LogP contribution in [0.4, 0.5) is 0 Å². The van der Waals surface area contributed by atoms with Crippen molar-refractivity contribution in [1.29, 1.82) is 0 Å². The van der Waals surface area contributed by atoms with Gasteiger partial charge >= 0.3 is 0 Å². The summed E-state index contributed by atoms with van der Waals surface area (Å²) in [5.41, 5.74) is 0.0640. The molecule has 0 spiro atoms. The maximum Gasteiger partial charge on any atom is 0.186 e. The minimum absolute atomic E-state index is 0. The van der Waals surface area contributed by atoms with Gasteiger partial charge in [-0.2, -0.15) is 13.5 Å². The minimum atomic E-state index is -1.12. The number of hydrogen-bond acceptors (Lipinski definition) is 12. The first-order chi connectivity index (χ1) is 22.5. The molecule has 2 bridgehead atoms. The summed E-state index contributed by atoms with van der Waals surface area (Å²) >= 11 is 0. The predicted molar refractivity (Wildman–Crippen MR) is 177 cm³/mol. The lowest BCUT2D eigenvalue weighted by molar-refractivity contribution is -0.333. The topological polar surface area (TPSA) is 152 Å². The van der Waals surface area contributed by atoms with Gasteiger partial charge in [0.15, 0.2) is 25.2 Å². The van der Waals surface area contributed by atoms with E-state index in [1.807, 2.05) is 6.92 Å². The molecule has 4 saturated heterocycles. The normalized spacial score (nSPS) is 53.0. The predicted octanol–water partition coefficient (Wildman–Crippen LogP) is 2.81. The summed E-state index contributed by atoms with van der Waals surface area (Å²) in [6.07, 6.45) is 3.27. The van der Waals surface area contributed by atoms with Crippen molar-refractivity contribution in [2.45, 2.75) is 140 Å². The van der Waals surface area contributed by atoms with Crippen LogP contribution in [-0.4, -0.2) is 116 Å². The summed E-state index contributed by atoms with van der Waals surface area (Å²) in [5.74, 6) is -0.353. The molecule has 6 fully saturated rings. The second kappa shape index (κ2) is 14.0. The lowest BCUT2D eigenvalue weighted by Gasteiger charge is -2.64. The van der Waals surface area contributed by atoms with E-state index in [2.05, 4.69) is 19.9 Å². The zero-order valence-electron chi connectivity index (χ0n) is 28.8. The van der Waals surface area contributed by atoms with Gasteiger partial charge in [-0.25, -0.2) is 0 Å². The number of fused-ring (bicyclic) bond motifs is 3. The third-order valence-electron chi connectivity index (χ3n) is 13.5. The van der Waals surface area contributed by atoms with Gasteiger partial charge in [-0.15, -0.1) is 0 Å². The van der Waals surface area contributed by atoms with Crippen LogP contribution in [-0.2, 0) is 42.7 Å². The molecular formula is C35H58O12S. The highest BCUT2D eigenvalue weighted by Crippen LogP contribution is 2.71. The Morgan fingerprint density at radius 3 is 2.52 bits per heavy atom. The quantitative estimate of drug-likeness (QED) is 0.252. The first-order valence-corrected chi connectivity index (χ1v) is 17.7. The molecule has 17 unspecified atom stereocenters. The van der Waals surface area contributed by atoms with Crippen molar-refractivity contribution in [1.82, 2.24) is 0 Å². The Labute approximate surface area is 292 Å². The number of hydrogen-bond donors (Lipinski definition) is 3. The standard InChI is InChI=1S/C35H54O12.H2S.H2/c1-6-23-27-30(38)47-35(32(39)46-23)22-8-7-19-13-20(9-11-33(19,2)21(22)10-12-34(27,35)3)44-26-14-24(40-4)25(17-42-26)45-31-28(37)29(41-5)18(15-36)16-43-31;;/h7,15,18,20-32,37-39H,6,8-14,16-17H2,1-5H3;1H2;1H/i;;1+2. The molecule has 4 heterocycles. The number of aliphatic hydroxyl groups excluding tert-OH is 3. The lowest BCUT2D eigenvalue weighted by atomic mass is 9.43. The molecule has 0 amide bonds. The van der Waals surface area contributed by atoms with E-state index in [0.717, 1.165) is 51.2 Å². The molecule has 0 radical (unpaired) electrons. The molecule has 0 aromatic carbocycles. The van der Waals surface area contributed by atoms with Crippen molar-refractivity contribution in [3.63, 3.8) is 0 Å². The van der Waals surface area contributed by atoms with Crippen LogP contribution in [0.5, 0.6) is 0 Å². The summed E-state index contributed by atoms with van der Waals surface area (Å²) in [6, 6.07) is 0. The number of methoxy groups -OCH3 is 2. The van der Waals surface area contributed by atoms with Gasteiger partial charge in [-0.05, 0) is 56.3 Å². The van der Waals surface area contributed by atoms with Crippen LogP contribution in [0.15, 0.2) is 11.6 Å². The fourth-order valence-corrected chi connectivity index (χ4v) is 11.0. The number of ether oxygens (including phenoxy) is 8. The van der Waals surface area contributed by atoms with Gasteiger partial charge < -0.3 is 58.0 Å². The van der Waals surface area contributed by atoms with Crippen LogP contribution in [0.1, 0.15) is 73.6 Å². The molecule has 7 aliphatic rings. The Morgan fingerprint density at radius 2 is 1.81 bits per heavy atom. The average Bonchev–Trinajstić information content (AvgIpc) is 3.24. The number of aldehydes is 1. The highest BCUT2D eigenvalue weighted by atomic mass is 32.1. The molecule has 48 heavy (non-hydrogen) atoms. The van der Waals surface area contributed by atoms with Crippen LogP contribution in [0, 0.1) is 34.5 Å². The Hall–Kier alpha value is -0.680. The van der Waals surface area contributed by atoms with Crippen molar-refractivity contribution in [3.05, 3.63) is 11.6 Å². The molecule has 276 valence electrons. The summed E-state index contributed by atoms with van der Waals surface area (Å²) in [7, 11) is 3.08. The zero-order valence-corrected chi connectivity index (χ0v) is 29.8. The number of rotatable bonds is 8. The van der Waals surface area contributed by atoms with E-state index >= 15 is 0 Å². The van der Waals surface area contributed by atoms with Crippen LogP contribution < -0.4 is 0 Å². The molecule has 17 atom stereocenters. The minimum Gasteiger partial charge on any atom is -0.385 e. The third kappa shape index (κ3) is 5.58. The van der Waals surface area contributed by atoms with Crippen molar-refractivity contribution < 1.29 is 59.4 Å². The fourth-order valence-electron chi connectivity index (χ4n) is 11.0. The van der Waals surface area contributed by atoms with E-state index < -0.39 is 55.0 Å². The van der Waals surface area contributed by atoms with Crippen molar-refractivity contribution in [3.8, 4) is 0 Å². The van der Waals surface area contributed by atoms with E-state index in [0.29, 0.717) is 12.3 Å². The molecule has 0 aromatic rings. The first kappa shape index (κ1) is 37.1. The fraction of sp³-hybridized carbons (Fsp3) is 0.914. The molecular weight excluding hydrogens is 644 g/mol. The van der Waals surface area contributed by atoms with Crippen molar-refractivity contribution in [2.24, 2.45) is 34.5 Å². The Morgan fingerprint density at radius 1 is 1.02 bits per heavy atom. The summed E-state index contributed by atoms with van der Waals surface area (Å²) in [5, 5.41) is 33.5. The van der Waals surface area contributed by atoms with Crippen LogP contribution in [0.3, 0.4) is 0 Å². The molecule has 3 aliphatic carbocycles. The highest BCUT2D eigenvalue weighted by Gasteiger charge is 2.76. The Balaban J connectivity index is 0.00000234. The van der Waals surface area contributed by atoms with Gasteiger partial charge in [-0.3, -0.25) is 0 Å². The van der Waals surface area contributed by atoms with Crippen LogP contribution in [0.2, 0.25) is 0 Å². The second-order valence-corrected chi connectivity index (χ2v) is 15.5. The smallest absolute Gasteiger partial charge is 0.186 e. The largest absolute Gasteiger partial charge is 0.385 e. The lowest BCUT2D eigenvalue weighted by Crippen LogP contribution is -2.70. The van der Waals surface area contributed by atoms with E-state index in [4.69, 9.17) is 37.9 Å². The number of aliphatic hydroxyl groups is 3. The van der Waals surface area contributed by atoms with Crippen molar-refractivity contribution in [2.75, 3.05) is 27.4 Å². The van der Waals surface area contributed by atoms with Gasteiger partial charge in [0.2, 0.25) is 0 Å².